The number of anilines is 1. The van der Waals surface area contributed by atoms with Gasteiger partial charge < -0.3 is 5.73 Å². The smallest absolute Gasteiger partial charge is 0.0912 e. The van der Waals surface area contributed by atoms with Crippen molar-refractivity contribution in [2.75, 3.05) is 5.73 Å². The van der Waals surface area contributed by atoms with E-state index < -0.39 is 0 Å². The summed E-state index contributed by atoms with van der Waals surface area (Å²) in [5.41, 5.74) is 15.2. The van der Waals surface area contributed by atoms with Crippen molar-refractivity contribution in [2.24, 2.45) is 5.10 Å². The molecular weight excluding hydrogens is 222 g/mol. The molecule has 1 aliphatic heterocycles. The Morgan fingerprint density at radius 3 is 2.72 bits per heavy atom. The maximum absolute atomic E-state index is 5.82. The van der Waals surface area contributed by atoms with E-state index in [1.165, 1.54) is 0 Å². The van der Waals surface area contributed by atoms with E-state index in [2.05, 4.69) is 23.7 Å². The second kappa shape index (κ2) is 4.53. The zero-order valence-corrected chi connectivity index (χ0v) is 10.7. The van der Waals surface area contributed by atoms with E-state index >= 15 is 0 Å². The van der Waals surface area contributed by atoms with Gasteiger partial charge in [-0.1, -0.05) is 19.2 Å². The highest BCUT2D eigenvalue weighted by Gasteiger charge is 2.12. The highest BCUT2D eigenvalue weighted by molar-refractivity contribution is 6.10. The molecule has 18 heavy (non-hydrogen) atoms. The molecule has 92 valence electrons. The van der Waals surface area contributed by atoms with E-state index in [1.54, 1.807) is 0 Å². The quantitative estimate of drug-likeness (QED) is 0.780. The number of nitrogens with one attached hydrogen (secondary N) is 1. The summed E-state index contributed by atoms with van der Waals surface area (Å²) in [6.45, 7) is 11.8. The van der Waals surface area contributed by atoms with Crippen LogP contribution in [0.4, 0.5) is 5.69 Å². The topological polar surface area (TPSA) is 50.4 Å². The first kappa shape index (κ1) is 12.2. The first-order valence-corrected chi connectivity index (χ1v) is 5.76. The monoisotopic (exact) mass is 239 g/mol. The van der Waals surface area contributed by atoms with Crippen LogP contribution in [-0.2, 0) is 0 Å². The average molecular weight is 239 g/mol. The largest absolute Gasteiger partial charge is 0.399 e. The van der Waals surface area contributed by atoms with Gasteiger partial charge in [0.2, 0.25) is 0 Å². The summed E-state index contributed by atoms with van der Waals surface area (Å²) in [6.07, 6.45) is 1.99. The molecule has 2 rings (SSSR count). The fourth-order valence-corrected chi connectivity index (χ4v) is 1.81. The van der Waals surface area contributed by atoms with Gasteiger partial charge in [-0.2, -0.15) is 5.10 Å². The number of hydrogen-bond acceptors (Lipinski definition) is 3. The molecule has 3 N–H and O–H groups in total. The lowest BCUT2D eigenvalue weighted by molar-refractivity contribution is 0.894. The zero-order chi connectivity index (χ0) is 13.3. The molecule has 1 heterocycles. The summed E-state index contributed by atoms with van der Waals surface area (Å²) in [7, 11) is 0. The number of aryl methyl sites for hydroxylation is 1. The van der Waals surface area contributed by atoms with E-state index in [0.717, 1.165) is 39.4 Å². The number of nitrogen functional groups attached to an aromatic ring is 1. The summed E-state index contributed by atoms with van der Waals surface area (Å²) < 4.78 is 0. The molecule has 0 amide bonds. The van der Waals surface area contributed by atoms with Crippen LogP contribution in [0.3, 0.4) is 0 Å². The molecule has 0 spiro atoms. The van der Waals surface area contributed by atoms with E-state index in [0.29, 0.717) is 0 Å². The van der Waals surface area contributed by atoms with Crippen LogP contribution in [0.25, 0.3) is 0 Å². The predicted octanol–water partition coefficient (Wildman–Crippen LogP) is 2.90. The zero-order valence-electron chi connectivity index (χ0n) is 10.7. The number of hydrogen-bond donors (Lipinski definition) is 2. The Balaban J connectivity index is 2.43. The second-order valence-electron chi connectivity index (χ2n) is 4.50. The van der Waals surface area contributed by atoms with Gasteiger partial charge in [-0.3, -0.25) is 5.43 Å². The number of nitrogens with zero attached hydrogens (tertiary/aromatic N) is 1. The maximum Gasteiger partial charge on any atom is 0.0912 e. The van der Waals surface area contributed by atoms with Crippen LogP contribution >= 0.6 is 0 Å². The summed E-state index contributed by atoms with van der Waals surface area (Å²) in [5, 5.41) is 4.29. The third-order valence-electron chi connectivity index (χ3n) is 2.94. The summed E-state index contributed by atoms with van der Waals surface area (Å²) in [5.74, 6) is 0. The number of allylic oxidation sites excluding steroid dienone is 2. The first-order chi connectivity index (χ1) is 8.49. The summed E-state index contributed by atoms with van der Waals surface area (Å²) in [4.78, 5) is 0. The van der Waals surface area contributed by atoms with Crippen LogP contribution in [0.15, 0.2) is 59.4 Å². The van der Waals surface area contributed by atoms with Gasteiger partial charge in [0, 0.05) is 16.8 Å². The summed E-state index contributed by atoms with van der Waals surface area (Å²) >= 11 is 0. The van der Waals surface area contributed by atoms with Crippen molar-refractivity contribution in [2.45, 2.75) is 13.8 Å². The van der Waals surface area contributed by atoms with Crippen LogP contribution in [-0.4, -0.2) is 5.71 Å². The molecule has 0 radical (unpaired) electrons. The Morgan fingerprint density at radius 1 is 1.39 bits per heavy atom. The van der Waals surface area contributed by atoms with Crippen LogP contribution < -0.4 is 11.2 Å². The lowest BCUT2D eigenvalue weighted by Crippen LogP contribution is -2.17. The average Bonchev–Trinajstić information content (AvgIpc) is 2.33. The number of benzene rings is 1. The number of rotatable bonds is 2. The first-order valence-electron chi connectivity index (χ1n) is 5.76. The third kappa shape index (κ3) is 2.20. The van der Waals surface area contributed by atoms with E-state index in [1.807, 2.05) is 38.1 Å². The molecule has 0 aromatic heterocycles. The van der Waals surface area contributed by atoms with Gasteiger partial charge in [-0.25, -0.2) is 0 Å². The molecule has 0 fully saturated rings. The van der Waals surface area contributed by atoms with Crippen LogP contribution in [0, 0.1) is 6.92 Å². The molecule has 0 unspecified atom stereocenters. The van der Waals surface area contributed by atoms with Crippen molar-refractivity contribution in [3.63, 3.8) is 0 Å². The Morgan fingerprint density at radius 2 is 2.11 bits per heavy atom. The molecule has 0 saturated heterocycles. The number of hydrazone groups is 1. The fourth-order valence-electron chi connectivity index (χ4n) is 1.81. The molecule has 0 aliphatic carbocycles. The second-order valence-corrected chi connectivity index (χ2v) is 4.50. The molecule has 0 atom stereocenters. The van der Waals surface area contributed by atoms with Crippen molar-refractivity contribution in [3.05, 3.63) is 65.4 Å². The van der Waals surface area contributed by atoms with Crippen molar-refractivity contribution < 1.29 is 0 Å². The van der Waals surface area contributed by atoms with Crippen LogP contribution in [0.5, 0.6) is 0 Å². The standard InChI is InChI=1S/C15H17N3/c1-9(2)13-8-15(18-17-11(13)4)12-5-6-14(16)10(3)7-12/h5-8,17H,1,4,16H2,2-3H3. The lowest BCUT2D eigenvalue weighted by atomic mass is 9.99. The van der Waals surface area contributed by atoms with E-state index in [4.69, 9.17) is 5.73 Å². The minimum absolute atomic E-state index is 0.776. The molecule has 1 aromatic carbocycles. The van der Waals surface area contributed by atoms with Gasteiger partial charge in [0.05, 0.1) is 11.4 Å². The van der Waals surface area contributed by atoms with Crippen LogP contribution in [0.2, 0.25) is 0 Å². The minimum atomic E-state index is 0.776. The summed E-state index contributed by atoms with van der Waals surface area (Å²) in [6, 6.07) is 5.88. The van der Waals surface area contributed by atoms with Gasteiger partial charge in [0.15, 0.2) is 0 Å². The minimum Gasteiger partial charge on any atom is -0.399 e. The van der Waals surface area contributed by atoms with Gasteiger partial charge in [0.1, 0.15) is 0 Å². The Kier molecular flexibility index (Phi) is 3.06. The molecule has 1 aliphatic rings. The van der Waals surface area contributed by atoms with E-state index in [9.17, 15) is 0 Å². The number of nitrogens with two attached hydrogens (primary N) is 1. The molecule has 0 saturated carbocycles. The predicted molar refractivity (Wildman–Crippen MR) is 77.3 cm³/mol. The molecule has 3 heteroatoms. The fraction of sp³-hybridized carbons (Fsp3) is 0.133. The van der Waals surface area contributed by atoms with Crippen LogP contribution in [0.1, 0.15) is 18.1 Å². The Bertz CT molecular complexity index is 592. The SMILES string of the molecule is C=C(C)C1=CC(c2ccc(N)c(C)c2)=NNC1=C. The van der Waals surface area contributed by atoms with Gasteiger partial charge >= 0.3 is 0 Å². The Hall–Kier alpha value is -2.29. The Labute approximate surface area is 107 Å². The van der Waals surface area contributed by atoms with Gasteiger partial charge in [0.25, 0.3) is 0 Å². The lowest BCUT2D eigenvalue weighted by Gasteiger charge is -2.17. The van der Waals surface area contributed by atoms with Gasteiger partial charge in [-0.05, 0) is 43.2 Å². The van der Waals surface area contributed by atoms with E-state index in [-0.39, 0.29) is 0 Å². The molecule has 3 nitrogen and oxygen atoms in total. The van der Waals surface area contributed by atoms with Crippen molar-refractivity contribution >= 4 is 11.4 Å². The normalized spacial score (nSPS) is 14.7. The highest BCUT2D eigenvalue weighted by atomic mass is 15.3. The van der Waals surface area contributed by atoms with Crippen molar-refractivity contribution in [1.82, 2.24) is 5.43 Å². The highest BCUT2D eigenvalue weighted by Crippen LogP contribution is 2.21. The molecule has 0 bridgehead atoms. The third-order valence-corrected chi connectivity index (χ3v) is 2.94. The van der Waals surface area contributed by atoms with Crippen molar-refractivity contribution in [3.8, 4) is 0 Å². The van der Waals surface area contributed by atoms with Crippen molar-refractivity contribution in [1.29, 1.82) is 0 Å². The maximum atomic E-state index is 5.82. The molecule has 1 aromatic rings. The molecular formula is C15H17N3. The van der Waals surface area contributed by atoms with Gasteiger partial charge in [-0.15, -0.1) is 0 Å².